The van der Waals surface area contributed by atoms with E-state index in [9.17, 15) is 5.11 Å². The molecule has 1 aliphatic carbocycles. The number of hydrogen-bond donors (Lipinski definition) is 1. The van der Waals surface area contributed by atoms with Crippen molar-refractivity contribution < 1.29 is 5.11 Å². The lowest BCUT2D eigenvalue weighted by atomic mass is 9.93. The predicted molar refractivity (Wildman–Crippen MR) is 58.6 cm³/mol. The molecule has 0 unspecified atom stereocenters. The van der Waals surface area contributed by atoms with Gasteiger partial charge < -0.3 is 5.11 Å². The van der Waals surface area contributed by atoms with Gasteiger partial charge in [-0.05, 0) is 48.3 Å². The van der Waals surface area contributed by atoms with Gasteiger partial charge in [0.05, 0.1) is 0 Å². The molecule has 0 aromatic heterocycles. The summed E-state index contributed by atoms with van der Waals surface area (Å²) in [7, 11) is 0. The monoisotopic (exact) mass is 190 g/mol. The van der Waals surface area contributed by atoms with Crippen LogP contribution in [0.1, 0.15) is 43.7 Å². The molecule has 0 heterocycles. The van der Waals surface area contributed by atoms with Crippen molar-refractivity contribution in [1.82, 2.24) is 0 Å². The molecule has 0 amide bonds. The van der Waals surface area contributed by atoms with Crippen LogP contribution in [-0.2, 0) is 6.42 Å². The Bertz CT molecular complexity index is 324. The lowest BCUT2D eigenvalue weighted by molar-refractivity contribution is 0.464. The molecule has 1 aromatic carbocycles. The fourth-order valence-electron chi connectivity index (χ4n) is 1.97. The smallest absolute Gasteiger partial charge is 0.119 e. The molecule has 1 N–H and O–H groups in total. The third kappa shape index (κ3) is 1.92. The number of phenolic OH excluding ortho intramolecular Hbond substituents is 1. The van der Waals surface area contributed by atoms with E-state index in [0.717, 1.165) is 12.3 Å². The summed E-state index contributed by atoms with van der Waals surface area (Å²) >= 11 is 0. The van der Waals surface area contributed by atoms with E-state index in [1.54, 1.807) is 0 Å². The zero-order valence-corrected chi connectivity index (χ0v) is 8.96. The summed E-state index contributed by atoms with van der Waals surface area (Å²) in [6.45, 7) is 4.37. The Hall–Kier alpha value is -0.980. The van der Waals surface area contributed by atoms with Crippen molar-refractivity contribution in [2.24, 2.45) is 5.92 Å². The molecule has 0 bridgehead atoms. The number of phenols is 1. The summed E-state index contributed by atoms with van der Waals surface area (Å²) in [6, 6.07) is 5.90. The van der Waals surface area contributed by atoms with Crippen molar-refractivity contribution in [1.29, 1.82) is 0 Å². The molecule has 1 heteroatoms. The Morgan fingerprint density at radius 1 is 1.36 bits per heavy atom. The quantitative estimate of drug-likeness (QED) is 0.773. The highest BCUT2D eigenvalue weighted by molar-refractivity contribution is 5.41. The Kier molecular flexibility index (Phi) is 2.49. The summed E-state index contributed by atoms with van der Waals surface area (Å²) in [4.78, 5) is 0. The summed E-state index contributed by atoms with van der Waals surface area (Å²) in [5.41, 5.74) is 2.50. The van der Waals surface area contributed by atoms with E-state index in [-0.39, 0.29) is 0 Å². The van der Waals surface area contributed by atoms with E-state index < -0.39 is 0 Å². The van der Waals surface area contributed by atoms with E-state index in [0.29, 0.717) is 11.7 Å². The van der Waals surface area contributed by atoms with Gasteiger partial charge in [-0.15, -0.1) is 0 Å². The van der Waals surface area contributed by atoms with Crippen LogP contribution in [0.4, 0.5) is 0 Å². The normalized spacial score (nSPS) is 16.2. The molecular weight excluding hydrogens is 172 g/mol. The lowest BCUT2D eigenvalue weighted by Gasteiger charge is -2.13. The first-order valence-corrected chi connectivity index (χ1v) is 5.49. The highest BCUT2D eigenvalue weighted by atomic mass is 16.3. The number of hydrogen-bond acceptors (Lipinski definition) is 1. The van der Waals surface area contributed by atoms with Crippen LogP contribution in [-0.4, -0.2) is 5.11 Å². The van der Waals surface area contributed by atoms with Gasteiger partial charge in [-0.25, -0.2) is 0 Å². The van der Waals surface area contributed by atoms with Gasteiger partial charge in [-0.2, -0.15) is 0 Å². The lowest BCUT2D eigenvalue weighted by Crippen LogP contribution is -1.98. The van der Waals surface area contributed by atoms with Crippen LogP contribution >= 0.6 is 0 Å². The molecular formula is C13H18O. The zero-order chi connectivity index (χ0) is 10.1. The fourth-order valence-corrected chi connectivity index (χ4v) is 1.97. The maximum Gasteiger partial charge on any atom is 0.119 e. The van der Waals surface area contributed by atoms with Gasteiger partial charge in [0.2, 0.25) is 0 Å². The van der Waals surface area contributed by atoms with Gasteiger partial charge >= 0.3 is 0 Å². The topological polar surface area (TPSA) is 20.2 Å². The number of rotatable bonds is 3. The SMILES string of the molecule is CC(C)c1cccc(O)c1CC1CC1. The van der Waals surface area contributed by atoms with Crippen molar-refractivity contribution in [2.75, 3.05) is 0 Å². The Labute approximate surface area is 85.8 Å². The van der Waals surface area contributed by atoms with E-state index in [1.807, 2.05) is 12.1 Å². The summed E-state index contributed by atoms with van der Waals surface area (Å²) in [5, 5.41) is 9.82. The fraction of sp³-hybridized carbons (Fsp3) is 0.538. The third-order valence-electron chi connectivity index (χ3n) is 3.00. The van der Waals surface area contributed by atoms with E-state index in [4.69, 9.17) is 0 Å². The number of benzene rings is 1. The first-order valence-electron chi connectivity index (χ1n) is 5.49. The molecule has 0 radical (unpaired) electrons. The molecule has 0 aliphatic heterocycles. The second-order valence-electron chi connectivity index (χ2n) is 4.65. The molecule has 0 atom stereocenters. The van der Waals surface area contributed by atoms with Gasteiger partial charge in [0, 0.05) is 0 Å². The average molecular weight is 190 g/mol. The molecule has 1 aromatic rings. The summed E-state index contributed by atoms with van der Waals surface area (Å²) in [5.74, 6) is 1.83. The van der Waals surface area contributed by atoms with Crippen LogP contribution in [0.15, 0.2) is 18.2 Å². The van der Waals surface area contributed by atoms with E-state index in [2.05, 4.69) is 19.9 Å². The third-order valence-corrected chi connectivity index (χ3v) is 3.00. The van der Waals surface area contributed by atoms with Crippen LogP contribution < -0.4 is 0 Å². The van der Waals surface area contributed by atoms with Crippen molar-refractivity contribution in [2.45, 2.75) is 39.0 Å². The molecule has 1 aliphatic rings. The van der Waals surface area contributed by atoms with Crippen LogP contribution in [0.25, 0.3) is 0 Å². The van der Waals surface area contributed by atoms with Gasteiger partial charge in [0.15, 0.2) is 0 Å². The molecule has 1 saturated carbocycles. The van der Waals surface area contributed by atoms with Crippen molar-refractivity contribution in [3.8, 4) is 5.75 Å². The maximum atomic E-state index is 9.82. The standard InChI is InChI=1S/C13H18O/c1-9(2)11-4-3-5-13(14)12(11)8-10-6-7-10/h3-5,9-10,14H,6-8H2,1-2H3. The molecule has 0 spiro atoms. The number of aromatic hydroxyl groups is 1. The second-order valence-corrected chi connectivity index (χ2v) is 4.65. The first kappa shape index (κ1) is 9.57. The molecule has 14 heavy (non-hydrogen) atoms. The molecule has 1 nitrogen and oxygen atoms in total. The largest absolute Gasteiger partial charge is 0.508 e. The summed E-state index contributed by atoms with van der Waals surface area (Å²) in [6.07, 6.45) is 3.75. The van der Waals surface area contributed by atoms with Crippen LogP contribution in [0.5, 0.6) is 5.75 Å². The molecule has 2 rings (SSSR count). The average Bonchev–Trinajstić information content (AvgIpc) is 2.91. The van der Waals surface area contributed by atoms with Gasteiger partial charge in [0.1, 0.15) is 5.75 Å². The molecule has 76 valence electrons. The Balaban J connectivity index is 2.31. The van der Waals surface area contributed by atoms with Crippen molar-refractivity contribution >= 4 is 0 Å². The summed E-state index contributed by atoms with van der Waals surface area (Å²) < 4.78 is 0. The molecule has 0 saturated heterocycles. The maximum absolute atomic E-state index is 9.82. The molecule has 1 fully saturated rings. The second kappa shape index (κ2) is 3.64. The van der Waals surface area contributed by atoms with Crippen molar-refractivity contribution in [3.05, 3.63) is 29.3 Å². The van der Waals surface area contributed by atoms with E-state index in [1.165, 1.54) is 24.0 Å². The predicted octanol–water partition coefficient (Wildman–Crippen LogP) is 3.47. The minimum absolute atomic E-state index is 0.489. The van der Waals surface area contributed by atoms with Crippen LogP contribution in [0, 0.1) is 5.92 Å². The van der Waals surface area contributed by atoms with Crippen LogP contribution in [0.2, 0.25) is 0 Å². The first-order chi connectivity index (χ1) is 6.68. The van der Waals surface area contributed by atoms with Crippen LogP contribution in [0.3, 0.4) is 0 Å². The minimum Gasteiger partial charge on any atom is -0.508 e. The highest BCUT2D eigenvalue weighted by Gasteiger charge is 2.24. The van der Waals surface area contributed by atoms with Gasteiger partial charge in [0.25, 0.3) is 0 Å². The Morgan fingerprint density at radius 3 is 2.64 bits per heavy atom. The van der Waals surface area contributed by atoms with Crippen molar-refractivity contribution in [3.63, 3.8) is 0 Å². The van der Waals surface area contributed by atoms with Gasteiger partial charge in [-0.3, -0.25) is 0 Å². The zero-order valence-electron chi connectivity index (χ0n) is 8.96. The van der Waals surface area contributed by atoms with E-state index >= 15 is 0 Å². The minimum atomic E-state index is 0.489. The Morgan fingerprint density at radius 2 is 2.07 bits per heavy atom. The van der Waals surface area contributed by atoms with Gasteiger partial charge in [-0.1, -0.05) is 26.0 Å². The highest BCUT2D eigenvalue weighted by Crippen LogP contribution is 2.37.